The lowest BCUT2D eigenvalue weighted by Crippen LogP contribution is -2.30. The van der Waals surface area contributed by atoms with Gasteiger partial charge < -0.3 is 14.2 Å². The summed E-state index contributed by atoms with van der Waals surface area (Å²) in [5.74, 6) is -1.01. The Bertz CT molecular complexity index is 1290. The Morgan fingerprint density at radius 3 is 1.17 bits per heavy atom. The second-order valence-electron chi connectivity index (χ2n) is 14.3. The van der Waals surface area contributed by atoms with E-state index >= 15 is 0 Å². The number of rotatable bonds is 38. The lowest BCUT2D eigenvalue weighted by atomic mass is 10.1. The minimum Gasteiger partial charge on any atom is -0.462 e. The number of carbonyl (C=O) groups excluding carboxylic acids is 3. The van der Waals surface area contributed by atoms with Gasteiger partial charge in [0.1, 0.15) is 13.2 Å². The van der Waals surface area contributed by atoms with Crippen molar-refractivity contribution < 1.29 is 28.6 Å². The summed E-state index contributed by atoms with van der Waals surface area (Å²) >= 11 is 0. The van der Waals surface area contributed by atoms with E-state index in [-0.39, 0.29) is 37.5 Å². The summed E-state index contributed by atoms with van der Waals surface area (Å²) in [6, 6.07) is 0. The Balaban J connectivity index is 4.54. The van der Waals surface area contributed by atoms with Gasteiger partial charge in [-0.15, -0.1) is 0 Å². The maximum Gasteiger partial charge on any atom is 0.306 e. The van der Waals surface area contributed by atoms with Crippen molar-refractivity contribution >= 4 is 17.9 Å². The second-order valence-corrected chi connectivity index (χ2v) is 14.3. The molecule has 0 aromatic carbocycles. The van der Waals surface area contributed by atoms with Crippen molar-refractivity contribution in [3.8, 4) is 0 Å². The summed E-state index contributed by atoms with van der Waals surface area (Å²) in [4.78, 5) is 37.8. The molecule has 0 saturated carbocycles. The fourth-order valence-electron chi connectivity index (χ4n) is 5.56. The van der Waals surface area contributed by atoms with Crippen LogP contribution in [0.2, 0.25) is 0 Å². The molecule has 0 N–H and O–H groups in total. The molecule has 58 heavy (non-hydrogen) atoms. The van der Waals surface area contributed by atoms with E-state index in [1.54, 1.807) is 0 Å². The zero-order chi connectivity index (χ0) is 42.3. The van der Waals surface area contributed by atoms with E-state index < -0.39 is 6.10 Å². The second kappa shape index (κ2) is 45.5. The van der Waals surface area contributed by atoms with Crippen molar-refractivity contribution in [2.45, 2.75) is 175 Å². The average Bonchev–Trinajstić information content (AvgIpc) is 3.22. The van der Waals surface area contributed by atoms with Crippen LogP contribution in [0.1, 0.15) is 168 Å². The molecule has 6 heteroatoms. The van der Waals surface area contributed by atoms with Crippen LogP contribution in [0.15, 0.2) is 122 Å². The topological polar surface area (TPSA) is 78.9 Å². The summed E-state index contributed by atoms with van der Waals surface area (Å²) in [6.07, 6.45) is 61.8. The highest BCUT2D eigenvalue weighted by molar-refractivity contribution is 5.71. The number of hydrogen-bond acceptors (Lipinski definition) is 6. The number of carbonyl (C=O) groups is 3. The molecule has 0 spiro atoms. The van der Waals surface area contributed by atoms with Crippen molar-refractivity contribution in [3.63, 3.8) is 0 Å². The smallest absolute Gasteiger partial charge is 0.306 e. The van der Waals surface area contributed by atoms with Crippen LogP contribution < -0.4 is 0 Å². The standard InChI is InChI=1S/C52H80O6/c1-4-7-10-13-16-19-22-25-26-28-30-33-36-39-42-45-51(54)57-48-49(47-56-50(53)44-41-38-35-32-29-24-21-18-15-12-9-6-3)58-52(55)46-43-40-37-34-31-27-23-20-17-14-11-8-5-2/h7-14,16-23,25-27,31,49H,4-6,15,24,28-30,32-48H2,1-3H3/b10-7-,11-8-,12-9-,16-13-,17-14-,21-18-,22-19-,23-20-,26-25-,31-27-. The summed E-state index contributed by atoms with van der Waals surface area (Å²) < 4.78 is 16.6. The molecule has 0 heterocycles. The molecular weight excluding hydrogens is 721 g/mol. The largest absolute Gasteiger partial charge is 0.462 e. The van der Waals surface area contributed by atoms with Crippen molar-refractivity contribution in [2.75, 3.05) is 13.2 Å². The molecule has 0 bridgehead atoms. The Kier molecular flexibility index (Phi) is 42.2. The quantitative estimate of drug-likeness (QED) is 0.0203. The zero-order valence-electron chi connectivity index (χ0n) is 36.8. The molecule has 6 nitrogen and oxygen atoms in total. The molecule has 0 rings (SSSR count). The summed E-state index contributed by atoms with van der Waals surface area (Å²) in [7, 11) is 0. The van der Waals surface area contributed by atoms with Gasteiger partial charge in [0.05, 0.1) is 0 Å². The lowest BCUT2D eigenvalue weighted by molar-refractivity contribution is -0.167. The fourth-order valence-corrected chi connectivity index (χ4v) is 5.56. The first-order valence-corrected chi connectivity index (χ1v) is 22.6. The fraction of sp³-hybridized carbons (Fsp3) is 0.558. The average molecular weight is 801 g/mol. The zero-order valence-corrected chi connectivity index (χ0v) is 36.8. The normalized spacial score (nSPS) is 13.2. The Labute approximate surface area is 354 Å². The van der Waals surface area contributed by atoms with Crippen LogP contribution in [0.25, 0.3) is 0 Å². The molecular formula is C52H80O6. The van der Waals surface area contributed by atoms with Crippen LogP contribution in [0.5, 0.6) is 0 Å². The van der Waals surface area contributed by atoms with E-state index in [9.17, 15) is 14.4 Å². The Morgan fingerprint density at radius 2 is 0.707 bits per heavy atom. The Hall–Kier alpha value is -4.19. The van der Waals surface area contributed by atoms with Gasteiger partial charge >= 0.3 is 17.9 Å². The number of hydrogen-bond donors (Lipinski definition) is 0. The number of unbranched alkanes of at least 4 members (excludes halogenated alkanes) is 13. The van der Waals surface area contributed by atoms with Gasteiger partial charge in [-0.3, -0.25) is 14.4 Å². The van der Waals surface area contributed by atoms with E-state index in [2.05, 4.69) is 81.5 Å². The molecule has 0 aliphatic carbocycles. The van der Waals surface area contributed by atoms with Crippen LogP contribution in [-0.4, -0.2) is 37.2 Å². The van der Waals surface area contributed by atoms with Gasteiger partial charge in [-0.25, -0.2) is 0 Å². The van der Waals surface area contributed by atoms with Crippen LogP contribution in [0.4, 0.5) is 0 Å². The molecule has 0 radical (unpaired) electrons. The summed E-state index contributed by atoms with van der Waals surface area (Å²) in [5.41, 5.74) is 0. The van der Waals surface area contributed by atoms with Gasteiger partial charge in [-0.2, -0.15) is 0 Å². The van der Waals surface area contributed by atoms with Crippen LogP contribution in [0, 0.1) is 0 Å². The molecule has 0 aromatic rings. The first-order valence-electron chi connectivity index (χ1n) is 22.6. The van der Waals surface area contributed by atoms with Gasteiger partial charge in [0.25, 0.3) is 0 Å². The third-order valence-electron chi connectivity index (χ3n) is 8.88. The van der Waals surface area contributed by atoms with Gasteiger partial charge in [-0.05, 0) is 83.5 Å². The van der Waals surface area contributed by atoms with Gasteiger partial charge in [0.2, 0.25) is 0 Å². The molecule has 1 atom stereocenters. The SMILES string of the molecule is CC\C=C/C=C\C=C/C=C\CCCCCCCC(=O)OCC(COC(=O)CCCCCCC/C=C\C/C=C\CC)OC(=O)CCCCC\C=C/C=C\C=C/C=C\CC. The molecule has 0 fully saturated rings. The first kappa shape index (κ1) is 53.8. The van der Waals surface area contributed by atoms with Crippen molar-refractivity contribution in [1.82, 2.24) is 0 Å². The minimum absolute atomic E-state index is 0.114. The highest BCUT2D eigenvalue weighted by atomic mass is 16.6. The van der Waals surface area contributed by atoms with Crippen molar-refractivity contribution in [1.29, 1.82) is 0 Å². The highest BCUT2D eigenvalue weighted by Crippen LogP contribution is 2.12. The summed E-state index contributed by atoms with van der Waals surface area (Å²) in [6.45, 7) is 6.14. The number of allylic oxidation sites excluding steroid dienone is 20. The lowest BCUT2D eigenvalue weighted by Gasteiger charge is -2.18. The van der Waals surface area contributed by atoms with Gasteiger partial charge in [0, 0.05) is 19.3 Å². The predicted octanol–water partition coefficient (Wildman–Crippen LogP) is 14.6. The van der Waals surface area contributed by atoms with Crippen molar-refractivity contribution in [2.24, 2.45) is 0 Å². The molecule has 0 saturated heterocycles. The van der Waals surface area contributed by atoms with Crippen LogP contribution in [-0.2, 0) is 28.6 Å². The molecule has 0 aliphatic rings. The van der Waals surface area contributed by atoms with E-state index in [1.807, 2.05) is 60.8 Å². The van der Waals surface area contributed by atoms with E-state index in [0.717, 1.165) is 122 Å². The summed E-state index contributed by atoms with van der Waals surface area (Å²) in [5, 5.41) is 0. The van der Waals surface area contributed by atoms with Gasteiger partial charge in [-0.1, -0.05) is 187 Å². The Morgan fingerprint density at radius 1 is 0.362 bits per heavy atom. The number of ether oxygens (including phenoxy) is 3. The van der Waals surface area contributed by atoms with Crippen molar-refractivity contribution in [3.05, 3.63) is 122 Å². The third kappa shape index (κ3) is 42.9. The molecule has 0 aromatic heterocycles. The maximum absolute atomic E-state index is 12.7. The van der Waals surface area contributed by atoms with E-state index in [4.69, 9.17) is 14.2 Å². The maximum atomic E-state index is 12.7. The first-order chi connectivity index (χ1) is 28.5. The highest BCUT2D eigenvalue weighted by Gasteiger charge is 2.19. The molecule has 0 amide bonds. The van der Waals surface area contributed by atoms with Crippen LogP contribution in [0.3, 0.4) is 0 Å². The monoisotopic (exact) mass is 801 g/mol. The van der Waals surface area contributed by atoms with E-state index in [1.165, 1.54) is 0 Å². The molecule has 324 valence electrons. The third-order valence-corrected chi connectivity index (χ3v) is 8.88. The minimum atomic E-state index is -0.816. The van der Waals surface area contributed by atoms with Gasteiger partial charge in [0.15, 0.2) is 6.10 Å². The van der Waals surface area contributed by atoms with Crippen LogP contribution >= 0.6 is 0 Å². The molecule has 0 aliphatic heterocycles. The predicted molar refractivity (Wildman–Crippen MR) is 246 cm³/mol. The number of esters is 3. The van der Waals surface area contributed by atoms with E-state index in [0.29, 0.717) is 19.3 Å². The molecule has 1 unspecified atom stereocenters.